The van der Waals surface area contributed by atoms with Crippen LogP contribution >= 0.6 is 0 Å². The molecule has 5 aromatic rings. The van der Waals surface area contributed by atoms with E-state index in [2.05, 4.69) is 10.1 Å². The molecule has 6 rings (SSSR count). The summed E-state index contributed by atoms with van der Waals surface area (Å²) in [4.78, 5) is 28.8. The number of hydrogen-bond acceptors (Lipinski definition) is 6. The first-order chi connectivity index (χ1) is 16.5. The van der Waals surface area contributed by atoms with Gasteiger partial charge in [0.15, 0.2) is 22.7 Å². The highest BCUT2D eigenvalue weighted by molar-refractivity contribution is 6.15. The van der Waals surface area contributed by atoms with Gasteiger partial charge in [0.1, 0.15) is 5.65 Å². The summed E-state index contributed by atoms with van der Waals surface area (Å²) in [5.41, 5.74) is 2.12. The lowest BCUT2D eigenvalue weighted by molar-refractivity contribution is 0.355. The minimum atomic E-state index is -0.530. The second kappa shape index (κ2) is 7.44. The molecular weight excluding hydrogens is 438 g/mol. The number of nitrogens with zero attached hydrogens (tertiary/aromatic N) is 1. The smallest absolute Gasteiger partial charge is 0.274 e. The van der Waals surface area contributed by atoms with E-state index in [0.717, 1.165) is 25.7 Å². The summed E-state index contributed by atoms with van der Waals surface area (Å²) in [6.45, 7) is 0. The zero-order valence-corrected chi connectivity index (χ0v) is 18.7. The van der Waals surface area contributed by atoms with E-state index < -0.39 is 11.2 Å². The maximum Gasteiger partial charge on any atom is 0.274 e. The molecule has 1 aliphatic carbocycles. The molecule has 0 spiro atoms. The average molecular weight is 461 g/mol. The minimum Gasteiger partial charge on any atom is -0.502 e. The SMILES string of the molecule is COc1ccc(-c2c3oc4c(O)c(=O)ccc4c3[nH]c3c2c(=O)[nH]n3C2CCCC2)cc1OC. The van der Waals surface area contributed by atoms with Gasteiger partial charge in [-0.1, -0.05) is 18.9 Å². The largest absolute Gasteiger partial charge is 0.502 e. The Kier molecular flexibility index (Phi) is 4.48. The van der Waals surface area contributed by atoms with Crippen molar-refractivity contribution in [3.63, 3.8) is 0 Å². The van der Waals surface area contributed by atoms with Crippen molar-refractivity contribution in [3.05, 3.63) is 50.9 Å². The average Bonchev–Trinajstić information content (AvgIpc) is 3.58. The van der Waals surface area contributed by atoms with E-state index in [1.165, 1.54) is 6.07 Å². The second-order valence-corrected chi connectivity index (χ2v) is 8.64. The summed E-state index contributed by atoms with van der Waals surface area (Å²) in [7, 11) is 3.10. The van der Waals surface area contributed by atoms with E-state index in [1.807, 2.05) is 10.7 Å². The van der Waals surface area contributed by atoms with Gasteiger partial charge >= 0.3 is 0 Å². The number of nitrogens with one attached hydrogen (secondary N) is 2. The van der Waals surface area contributed by atoms with Gasteiger partial charge in [-0.2, -0.15) is 0 Å². The van der Waals surface area contributed by atoms with Gasteiger partial charge in [-0.25, -0.2) is 0 Å². The number of aromatic amines is 2. The summed E-state index contributed by atoms with van der Waals surface area (Å²) in [6, 6.07) is 8.48. The van der Waals surface area contributed by atoms with Crippen LogP contribution in [0.25, 0.3) is 44.2 Å². The van der Waals surface area contributed by atoms with Crippen molar-refractivity contribution in [3.8, 4) is 28.4 Å². The van der Waals surface area contributed by atoms with Crippen LogP contribution in [0.4, 0.5) is 0 Å². The lowest BCUT2D eigenvalue weighted by atomic mass is 10.0. The van der Waals surface area contributed by atoms with Crippen molar-refractivity contribution in [2.75, 3.05) is 14.2 Å². The third-order valence-electron chi connectivity index (χ3n) is 6.80. The number of fused-ring (bicyclic) bond motifs is 4. The fourth-order valence-electron chi connectivity index (χ4n) is 5.17. The van der Waals surface area contributed by atoms with Crippen molar-refractivity contribution in [1.29, 1.82) is 0 Å². The third-order valence-corrected chi connectivity index (χ3v) is 6.80. The van der Waals surface area contributed by atoms with Gasteiger partial charge in [0.25, 0.3) is 5.56 Å². The first-order valence-electron chi connectivity index (χ1n) is 11.2. The molecule has 0 bridgehead atoms. The summed E-state index contributed by atoms with van der Waals surface area (Å²) in [5.74, 6) is 0.594. The summed E-state index contributed by atoms with van der Waals surface area (Å²) >= 11 is 0. The number of methoxy groups -OCH3 is 2. The van der Waals surface area contributed by atoms with E-state index in [0.29, 0.717) is 50.1 Å². The van der Waals surface area contributed by atoms with Crippen molar-refractivity contribution >= 4 is 33.1 Å². The molecule has 9 nitrogen and oxygen atoms in total. The fourth-order valence-corrected chi connectivity index (χ4v) is 5.17. The Labute approximate surface area is 192 Å². The van der Waals surface area contributed by atoms with Gasteiger partial charge in [-0.15, -0.1) is 0 Å². The monoisotopic (exact) mass is 461 g/mol. The molecule has 1 aliphatic rings. The molecule has 0 amide bonds. The van der Waals surface area contributed by atoms with Crippen molar-refractivity contribution in [2.24, 2.45) is 0 Å². The van der Waals surface area contributed by atoms with Gasteiger partial charge in [-0.3, -0.25) is 19.4 Å². The van der Waals surface area contributed by atoms with E-state index in [-0.39, 0.29) is 17.2 Å². The highest BCUT2D eigenvalue weighted by atomic mass is 16.5. The van der Waals surface area contributed by atoms with Crippen LogP contribution in [-0.2, 0) is 0 Å². The molecule has 1 saturated carbocycles. The second-order valence-electron chi connectivity index (χ2n) is 8.64. The summed E-state index contributed by atoms with van der Waals surface area (Å²) < 4.78 is 18.9. The highest BCUT2D eigenvalue weighted by Crippen LogP contribution is 2.43. The number of rotatable bonds is 4. The van der Waals surface area contributed by atoms with Crippen LogP contribution in [0.3, 0.4) is 0 Å². The molecule has 2 aromatic carbocycles. The number of phenols is 1. The Morgan fingerprint density at radius 2 is 1.79 bits per heavy atom. The molecule has 3 aromatic heterocycles. The van der Waals surface area contributed by atoms with E-state index in [9.17, 15) is 14.7 Å². The van der Waals surface area contributed by atoms with Crippen molar-refractivity contribution in [1.82, 2.24) is 14.8 Å². The van der Waals surface area contributed by atoms with Gasteiger partial charge < -0.3 is 24.0 Å². The molecule has 34 heavy (non-hydrogen) atoms. The molecule has 3 heterocycles. The lowest BCUT2D eigenvalue weighted by Gasteiger charge is -2.14. The molecule has 0 atom stereocenters. The number of phenolic OH excluding ortho intramolecular Hbond substituents is 1. The van der Waals surface area contributed by atoms with Crippen molar-refractivity contribution < 1.29 is 19.0 Å². The highest BCUT2D eigenvalue weighted by Gasteiger charge is 2.27. The first-order valence-corrected chi connectivity index (χ1v) is 11.2. The molecule has 0 unspecified atom stereocenters. The Morgan fingerprint density at radius 1 is 1.03 bits per heavy atom. The maximum atomic E-state index is 13.3. The molecule has 1 fully saturated rings. The number of furan rings is 1. The number of H-pyrrole nitrogens is 2. The van der Waals surface area contributed by atoms with Crippen molar-refractivity contribution in [2.45, 2.75) is 31.7 Å². The molecule has 174 valence electrons. The Balaban J connectivity index is 1.79. The predicted octanol–water partition coefficient (Wildman–Crippen LogP) is 4.42. The van der Waals surface area contributed by atoms with Gasteiger partial charge in [-0.05, 0) is 42.7 Å². The molecule has 9 heteroatoms. The summed E-state index contributed by atoms with van der Waals surface area (Å²) in [5, 5.41) is 14.4. The Hall–Kier alpha value is -4.14. The van der Waals surface area contributed by atoms with E-state index in [4.69, 9.17) is 13.9 Å². The van der Waals surface area contributed by atoms with Crippen LogP contribution in [0.15, 0.2) is 44.3 Å². The van der Waals surface area contributed by atoms with Crippen LogP contribution in [0.1, 0.15) is 31.7 Å². The van der Waals surface area contributed by atoms with Gasteiger partial charge in [0.05, 0.1) is 31.2 Å². The van der Waals surface area contributed by atoms with Crippen LogP contribution in [0.2, 0.25) is 0 Å². The van der Waals surface area contributed by atoms with E-state index >= 15 is 0 Å². The van der Waals surface area contributed by atoms with Gasteiger partial charge in [0, 0.05) is 10.9 Å². The molecule has 0 aliphatic heterocycles. The Morgan fingerprint density at radius 3 is 2.53 bits per heavy atom. The number of pyridine rings is 1. The zero-order valence-electron chi connectivity index (χ0n) is 18.7. The number of ether oxygens (including phenoxy) is 2. The number of benzene rings is 2. The molecule has 3 N–H and O–H groups in total. The minimum absolute atomic E-state index is 0.0805. The third kappa shape index (κ3) is 2.79. The van der Waals surface area contributed by atoms with Crippen LogP contribution in [0.5, 0.6) is 17.2 Å². The standard InChI is InChI=1S/C25H23N3O6/c1-32-16-10-7-12(11-17(16)33-2)18-19-24(28(27-25(19)31)13-5-3-4-6-13)26-20-14-8-9-15(29)21(30)22(14)34-23(18)20/h7-11,13,26,30H,3-6H2,1-2H3,(H,27,31). The zero-order chi connectivity index (χ0) is 23.6. The predicted molar refractivity (Wildman–Crippen MR) is 128 cm³/mol. The van der Waals surface area contributed by atoms with E-state index in [1.54, 1.807) is 32.4 Å². The quantitative estimate of drug-likeness (QED) is 0.364. The molecular formula is C25H23N3O6. The molecule has 0 saturated heterocycles. The Bertz CT molecular complexity index is 1700. The van der Waals surface area contributed by atoms with Crippen LogP contribution < -0.4 is 20.5 Å². The number of aromatic hydroxyl groups is 1. The summed E-state index contributed by atoms with van der Waals surface area (Å²) in [6.07, 6.45) is 4.16. The number of aromatic nitrogens is 3. The van der Waals surface area contributed by atoms with Gasteiger partial charge in [0.2, 0.25) is 11.2 Å². The molecule has 0 radical (unpaired) electrons. The van der Waals surface area contributed by atoms with Crippen LogP contribution in [0, 0.1) is 0 Å². The normalized spacial score (nSPS) is 14.5. The maximum absolute atomic E-state index is 13.3. The lowest BCUT2D eigenvalue weighted by Crippen LogP contribution is -2.10. The topological polar surface area (TPSA) is 122 Å². The van der Waals surface area contributed by atoms with Crippen LogP contribution in [-0.4, -0.2) is 34.1 Å². The fraction of sp³-hybridized carbons (Fsp3) is 0.280. The number of hydrogen-bond donors (Lipinski definition) is 3. The first kappa shape index (κ1) is 20.5.